The second kappa shape index (κ2) is 8.17. The van der Waals surface area contributed by atoms with Crippen LogP contribution in [0.25, 0.3) is 0 Å². The van der Waals surface area contributed by atoms with Gasteiger partial charge in [-0.1, -0.05) is 6.58 Å². The van der Waals surface area contributed by atoms with Gasteiger partial charge in [0.25, 0.3) is 0 Å². The topological polar surface area (TPSA) is 29.5 Å². The Labute approximate surface area is 120 Å². The van der Waals surface area contributed by atoms with Gasteiger partial charge in [0.05, 0.1) is 39.3 Å². The molecule has 18 heavy (non-hydrogen) atoms. The summed E-state index contributed by atoms with van der Waals surface area (Å²) in [5, 5.41) is 0. The average molecular weight is 317 g/mol. The van der Waals surface area contributed by atoms with E-state index < -0.39 is 0 Å². The zero-order valence-corrected chi connectivity index (χ0v) is 12.5. The smallest absolute Gasteiger partial charge is 0.410 e. The molecule has 0 aliphatic carbocycles. The summed E-state index contributed by atoms with van der Waals surface area (Å²) in [4.78, 5) is 13.3. The van der Waals surface area contributed by atoms with Crippen LogP contribution in [0.2, 0.25) is 0 Å². The van der Waals surface area contributed by atoms with Crippen molar-refractivity contribution in [1.82, 2.24) is 4.90 Å². The van der Waals surface area contributed by atoms with Gasteiger partial charge in [0.15, 0.2) is 0 Å². The van der Waals surface area contributed by atoms with Crippen molar-refractivity contribution in [2.45, 2.75) is 6.92 Å². The summed E-state index contributed by atoms with van der Waals surface area (Å²) < 4.78 is 5.82. The Balaban J connectivity index is 0.00000289. The fourth-order valence-electron chi connectivity index (χ4n) is 2.16. The van der Waals surface area contributed by atoms with Gasteiger partial charge in [-0.25, -0.2) is 4.79 Å². The van der Waals surface area contributed by atoms with Gasteiger partial charge in [-0.05, 0) is 18.9 Å². The van der Waals surface area contributed by atoms with E-state index in [1.165, 1.54) is 0 Å². The van der Waals surface area contributed by atoms with Crippen molar-refractivity contribution in [3.8, 4) is 12.3 Å². The monoisotopic (exact) mass is 316 g/mol. The lowest BCUT2D eigenvalue weighted by Gasteiger charge is -2.42. The Morgan fingerprint density at radius 3 is 2.61 bits per heavy atom. The van der Waals surface area contributed by atoms with Gasteiger partial charge >= 0.3 is 6.09 Å². The molecule has 4 nitrogen and oxygen atoms in total. The number of nitrogens with zero attached hydrogens (tertiary/aromatic N) is 2. The maximum Gasteiger partial charge on any atom is 0.410 e. The zero-order chi connectivity index (χ0) is 12.7. The highest BCUT2D eigenvalue weighted by molar-refractivity contribution is 5.67. The minimum Gasteiger partial charge on any atom is -1.00 e. The van der Waals surface area contributed by atoms with Gasteiger partial charge in [-0.15, -0.1) is 6.42 Å². The van der Waals surface area contributed by atoms with Crippen LogP contribution in [0.3, 0.4) is 0 Å². The van der Waals surface area contributed by atoms with Crippen LogP contribution in [0.1, 0.15) is 6.92 Å². The van der Waals surface area contributed by atoms with Crippen LogP contribution in [-0.2, 0) is 4.74 Å². The first-order valence-electron chi connectivity index (χ1n) is 5.98. The van der Waals surface area contributed by atoms with Gasteiger partial charge in [-0.3, -0.25) is 4.90 Å². The van der Waals surface area contributed by atoms with Crippen LogP contribution in [0, 0.1) is 12.3 Å². The molecular formula is C13H21BrN2O2. The summed E-state index contributed by atoms with van der Waals surface area (Å²) in [6.07, 6.45) is 7.09. The van der Waals surface area contributed by atoms with Crippen molar-refractivity contribution < 1.29 is 31.0 Å². The number of carbonyl (C=O) groups excluding carboxylic acids is 1. The number of amides is 1. The van der Waals surface area contributed by atoms with E-state index in [1.807, 2.05) is 13.0 Å². The van der Waals surface area contributed by atoms with E-state index in [-0.39, 0.29) is 23.1 Å². The van der Waals surface area contributed by atoms with E-state index in [9.17, 15) is 4.79 Å². The molecule has 0 unspecified atom stereocenters. The van der Waals surface area contributed by atoms with Crippen molar-refractivity contribution in [2.24, 2.45) is 0 Å². The summed E-state index contributed by atoms with van der Waals surface area (Å²) in [6.45, 7) is 10.7. The predicted molar refractivity (Wildman–Crippen MR) is 67.4 cm³/mol. The molecule has 1 amide bonds. The van der Waals surface area contributed by atoms with Crippen molar-refractivity contribution >= 4 is 6.09 Å². The molecule has 5 heteroatoms. The largest absolute Gasteiger partial charge is 1.00 e. The predicted octanol–water partition coefficient (Wildman–Crippen LogP) is -1.90. The normalized spacial score (nSPS) is 17.2. The number of ether oxygens (including phenoxy) is 1. The van der Waals surface area contributed by atoms with Crippen molar-refractivity contribution in [3.63, 3.8) is 0 Å². The number of piperazine rings is 1. The molecule has 0 atom stereocenters. The van der Waals surface area contributed by atoms with Crippen LogP contribution in [0.15, 0.2) is 12.7 Å². The molecule has 0 saturated carbocycles. The molecule has 102 valence electrons. The maximum absolute atomic E-state index is 11.6. The number of halogens is 1. The summed E-state index contributed by atoms with van der Waals surface area (Å²) in [6, 6.07) is 0. The Morgan fingerprint density at radius 2 is 2.17 bits per heavy atom. The summed E-state index contributed by atoms with van der Waals surface area (Å²) >= 11 is 0. The molecule has 1 heterocycles. The van der Waals surface area contributed by atoms with Crippen molar-refractivity contribution in [2.75, 3.05) is 45.9 Å². The molecule has 1 aliphatic rings. The molecule has 1 rings (SSSR count). The van der Waals surface area contributed by atoms with E-state index in [0.29, 0.717) is 26.2 Å². The van der Waals surface area contributed by atoms with Crippen molar-refractivity contribution in [3.05, 3.63) is 12.7 Å². The van der Waals surface area contributed by atoms with Crippen LogP contribution in [0.4, 0.5) is 4.79 Å². The highest BCUT2D eigenvalue weighted by Gasteiger charge is 2.33. The Morgan fingerprint density at radius 1 is 1.56 bits per heavy atom. The van der Waals surface area contributed by atoms with E-state index in [0.717, 1.165) is 24.1 Å². The number of carbonyl (C=O) groups is 1. The Bertz CT molecular complexity index is 317. The minimum absolute atomic E-state index is 0. The van der Waals surface area contributed by atoms with Gasteiger partial charge < -0.3 is 26.2 Å². The molecule has 1 saturated heterocycles. The van der Waals surface area contributed by atoms with Gasteiger partial charge in [-0.2, -0.15) is 0 Å². The fraction of sp³-hybridized carbons (Fsp3) is 0.615. The number of hydrogen-bond donors (Lipinski definition) is 0. The number of rotatable bonds is 4. The Kier molecular flexibility index (Phi) is 7.72. The first kappa shape index (κ1) is 17.0. The van der Waals surface area contributed by atoms with Gasteiger partial charge in [0, 0.05) is 0 Å². The first-order chi connectivity index (χ1) is 8.17. The zero-order valence-electron chi connectivity index (χ0n) is 10.9. The third-order valence-corrected chi connectivity index (χ3v) is 3.16. The van der Waals surface area contributed by atoms with Crippen LogP contribution in [-0.4, -0.2) is 61.4 Å². The summed E-state index contributed by atoms with van der Waals surface area (Å²) in [5.74, 6) is 2.72. The highest BCUT2D eigenvalue weighted by atomic mass is 79.9. The Hall–Kier alpha value is -0.990. The standard InChI is InChI=1S/C13H21N2O2.BrH/c1-4-9-15(10-5-2)11-7-14(8-12-15)13(16)17-6-3;/h1,5H,2,6-12H2,3H3;1H/q+1;/p-1. The average Bonchev–Trinajstić information content (AvgIpc) is 2.31. The lowest BCUT2D eigenvalue weighted by atomic mass is 10.2. The van der Waals surface area contributed by atoms with E-state index in [2.05, 4.69) is 12.5 Å². The molecule has 0 aromatic carbocycles. The molecule has 0 bridgehead atoms. The molecule has 0 N–H and O–H groups in total. The third kappa shape index (κ3) is 4.35. The minimum atomic E-state index is -0.218. The van der Waals surface area contributed by atoms with E-state index in [1.54, 1.807) is 4.90 Å². The number of terminal acetylenes is 1. The quantitative estimate of drug-likeness (QED) is 0.344. The van der Waals surface area contributed by atoms with Crippen LogP contribution >= 0.6 is 0 Å². The number of hydrogen-bond acceptors (Lipinski definition) is 2. The van der Waals surface area contributed by atoms with Crippen LogP contribution < -0.4 is 17.0 Å². The van der Waals surface area contributed by atoms with Crippen LogP contribution in [0.5, 0.6) is 0 Å². The second-order valence-corrected chi connectivity index (χ2v) is 4.31. The molecule has 0 spiro atoms. The van der Waals surface area contributed by atoms with E-state index in [4.69, 9.17) is 11.2 Å². The molecule has 0 aromatic rings. The molecule has 1 fully saturated rings. The highest BCUT2D eigenvalue weighted by Crippen LogP contribution is 2.13. The summed E-state index contributed by atoms with van der Waals surface area (Å²) in [7, 11) is 0. The maximum atomic E-state index is 11.6. The van der Waals surface area contributed by atoms with Gasteiger partial charge in [0.1, 0.15) is 6.54 Å². The fourth-order valence-corrected chi connectivity index (χ4v) is 2.16. The molecule has 0 radical (unpaired) electrons. The second-order valence-electron chi connectivity index (χ2n) is 4.31. The number of quaternary nitrogens is 1. The lowest BCUT2D eigenvalue weighted by molar-refractivity contribution is -0.919. The summed E-state index contributed by atoms with van der Waals surface area (Å²) in [5.41, 5.74) is 0. The first-order valence-corrected chi connectivity index (χ1v) is 5.98. The molecule has 1 aliphatic heterocycles. The molecule has 0 aromatic heterocycles. The van der Waals surface area contributed by atoms with Gasteiger partial charge in [0.2, 0.25) is 0 Å². The lowest BCUT2D eigenvalue weighted by Crippen LogP contribution is -3.00. The third-order valence-electron chi connectivity index (χ3n) is 3.16. The van der Waals surface area contributed by atoms with Crippen molar-refractivity contribution in [1.29, 1.82) is 0 Å². The molecular weight excluding hydrogens is 296 g/mol. The van der Waals surface area contributed by atoms with E-state index >= 15 is 0 Å². The SMILES string of the molecule is C#CC[N+]1(CC=C)CCN(C(=O)OCC)CC1.[Br-].